The first-order chi connectivity index (χ1) is 11.7. The predicted molar refractivity (Wildman–Crippen MR) is 91.7 cm³/mol. The molecule has 0 N–H and O–H groups in total. The van der Waals surface area contributed by atoms with Crippen molar-refractivity contribution in [1.82, 2.24) is 4.90 Å². The van der Waals surface area contributed by atoms with Crippen LogP contribution in [0.4, 0.5) is 9.18 Å². The summed E-state index contributed by atoms with van der Waals surface area (Å²) in [5.41, 5.74) is 0.285. The van der Waals surface area contributed by atoms with Crippen molar-refractivity contribution >= 4 is 12.1 Å². The van der Waals surface area contributed by atoms with E-state index in [4.69, 9.17) is 9.47 Å². The number of halogens is 1. The van der Waals surface area contributed by atoms with Crippen LogP contribution >= 0.6 is 0 Å². The van der Waals surface area contributed by atoms with Crippen molar-refractivity contribution in [3.05, 3.63) is 35.6 Å². The molecule has 1 fully saturated rings. The van der Waals surface area contributed by atoms with Crippen LogP contribution in [0, 0.1) is 11.7 Å². The van der Waals surface area contributed by atoms with Crippen LogP contribution in [0.15, 0.2) is 24.3 Å². The molecule has 0 radical (unpaired) electrons. The molecule has 1 aliphatic heterocycles. The molecule has 2 rings (SSSR count). The van der Waals surface area contributed by atoms with Gasteiger partial charge in [0, 0.05) is 19.0 Å². The lowest BCUT2D eigenvalue weighted by molar-refractivity contribution is -0.150. The van der Waals surface area contributed by atoms with Crippen molar-refractivity contribution in [3.8, 4) is 0 Å². The molecule has 0 saturated carbocycles. The highest BCUT2D eigenvalue weighted by Crippen LogP contribution is 2.34. The molecule has 0 spiro atoms. The first-order valence-corrected chi connectivity index (χ1v) is 8.61. The van der Waals surface area contributed by atoms with E-state index < -0.39 is 17.6 Å². The number of carbonyl (C=O) groups excluding carboxylic acids is 2. The summed E-state index contributed by atoms with van der Waals surface area (Å²) in [4.78, 5) is 26.3. The van der Waals surface area contributed by atoms with E-state index in [0.717, 1.165) is 5.56 Å². The summed E-state index contributed by atoms with van der Waals surface area (Å²) in [6.45, 7) is 8.15. The van der Waals surface area contributed by atoms with Gasteiger partial charge in [-0.15, -0.1) is 0 Å². The van der Waals surface area contributed by atoms with E-state index >= 15 is 0 Å². The SMILES string of the molecule is CCOC(=O)[C@@H]1CN(C(=O)OC(C)(C)C)CC[C@H]1c1ccc(F)cc1. The molecule has 1 aromatic rings. The number of benzene rings is 1. The summed E-state index contributed by atoms with van der Waals surface area (Å²) >= 11 is 0. The predicted octanol–water partition coefficient (Wildman–Crippen LogP) is 3.73. The van der Waals surface area contributed by atoms with Gasteiger partial charge < -0.3 is 14.4 Å². The van der Waals surface area contributed by atoms with Crippen LogP contribution in [0.2, 0.25) is 0 Å². The van der Waals surface area contributed by atoms with E-state index in [0.29, 0.717) is 13.0 Å². The minimum Gasteiger partial charge on any atom is -0.466 e. The van der Waals surface area contributed by atoms with Gasteiger partial charge in [0.15, 0.2) is 0 Å². The number of hydrogen-bond donors (Lipinski definition) is 0. The second-order valence-electron chi connectivity index (χ2n) is 7.23. The molecule has 0 unspecified atom stereocenters. The number of amides is 1. The molecule has 5 nitrogen and oxygen atoms in total. The van der Waals surface area contributed by atoms with Crippen molar-refractivity contribution in [2.24, 2.45) is 5.92 Å². The van der Waals surface area contributed by atoms with E-state index in [1.807, 2.05) is 0 Å². The Morgan fingerprint density at radius 3 is 2.44 bits per heavy atom. The molecule has 1 aliphatic rings. The number of nitrogens with zero attached hydrogens (tertiary/aromatic N) is 1. The summed E-state index contributed by atoms with van der Waals surface area (Å²) in [6.07, 6.45) is 0.160. The molecule has 6 heteroatoms. The van der Waals surface area contributed by atoms with E-state index in [-0.39, 0.29) is 30.9 Å². The first-order valence-electron chi connectivity index (χ1n) is 8.61. The van der Waals surface area contributed by atoms with E-state index in [1.54, 1.807) is 44.7 Å². The van der Waals surface area contributed by atoms with Gasteiger partial charge in [-0.3, -0.25) is 4.79 Å². The Balaban J connectivity index is 2.18. The largest absolute Gasteiger partial charge is 0.466 e. The molecule has 0 bridgehead atoms. The third-order valence-electron chi connectivity index (χ3n) is 4.15. The Bertz CT molecular complexity index is 609. The molecule has 1 saturated heterocycles. The zero-order valence-electron chi connectivity index (χ0n) is 15.3. The zero-order chi connectivity index (χ0) is 18.6. The lowest BCUT2D eigenvalue weighted by Gasteiger charge is -2.38. The minimum atomic E-state index is -0.593. The summed E-state index contributed by atoms with van der Waals surface area (Å²) in [5.74, 6) is -1.27. The van der Waals surface area contributed by atoms with Gasteiger partial charge in [0.05, 0.1) is 12.5 Å². The molecule has 138 valence electrons. The standard InChI is InChI=1S/C19H26FNO4/c1-5-24-17(22)16-12-21(18(23)25-19(2,3)4)11-10-15(16)13-6-8-14(20)9-7-13/h6-9,15-16H,5,10-12H2,1-4H3/t15-,16+/m0/s1. The second-order valence-corrected chi connectivity index (χ2v) is 7.23. The van der Waals surface area contributed by atoms with Gasteiger partial charge in [-0.1, -0.05) is 12.1 Å². The smallest absolute Gasteiger partial charge is 0.410 e. The van der Waals surface area contributed by atoms with Crippen LogP contribution in [0.1, 0.15) is 45.6 Å². The topological polar surface area (TPSA) is 55.8 Å². The molecular formula is C19H26FNO4. The lowest BCUT2D eigenvalue weighted by Crippen LogP contribution is -2.47. The maximum atomic E-state index is 13.2. The maximum absolute atomic E-state index is 13.2. The Morgan fingerprint density at radius 2 is 1.88 bits per heavy atom. The normalized spacial score (nSPS) is 20.9. The molecular weight excluding hydrogens is 325 g/mol. The molecule has 2 atom stereocenters. The van der Waals surface area contributed by atoms with Gasteiger partial charge in [-0.05, 0) is 51.8 Å². The van der Waals surface area contributed by atoms with Crippen LogP contribution in [0.25, 0.3) is 0 Å². The van der Waals surface area contributed by atoms with Crippen molar-refractivity contribution in [3.63, 3.8) is 0 Å². The zero-order valence-corrected chi connectivity index (χ0v) is 15.3. The fourth-order valence-electron chi connectivity index (χ4n) is 3.04. The number of hydrogen-bond acceptors (Lipinski definition) is 4. The van der Waals surface area contributed by atoms with Gasteiger partial charge in [0.1, 0.15) is 11.4 Å². The van der Waals surface area contributed by atoms with Gasteiger partial charge in [0.25, 0.3) is 0 Å². The number of likely N-dealkylation sites (tertiary alicyclic amines) is 1. The van der Waals surface area contributed by atoms with Crippen LogP contribution in [-0.4, -0.2) is 42.3 Å². The van der Waals surface area contributed by atoms with E-state index in [9.17, 15) is 14.0 Å². The minimum absolute atomic E-state index is 0.113. The highest BCUT2D eigenvalue weighted by atomic mass is 19.1. The summed E-state index contributed by atoms with van der Waals surface area (Å²) in [6, 6.07) is 6.15. The molecule has 0 aliphatic carbocycles. The lowest BCUT2D eigenvalue weighted by atomic mass is 9.80. The third-order valence-corrected chi connectivity index (χ3v) is 4.15. The fourth-order valence-corrected chi connectivity index (χ4v) is 3.04. The number of piperidine rings is 1. The van der Waals surface area contributed by atoms with Crippen molar-refractivity contribution in [2.45, 2.75) is 45.6 Å². The summed E-state index contributed by atoms with van der Waals surface area (Å²) in [7, 11) is 0. The maximum Gasteiger partial charge on any atom is 0.410 e. The van der Waals surface area contributed by atoms with Crippen LogP contribution in [0.5, 0.6) is 0 Å². The Labute approximate surface area is 148 Å². The van der Waals surface area contributed by atoms with E-state index in [1.165, 1.54) is 12.1 Å². The second kappa shape index (κ2) is 7.85. The third kappa shape index (κ3) is 5.18. The quantitative estimate of drug-likeness (QED) is 0.779. The van der Waals surface area contributed by atoms with Crippen LogP contribution < -0.4 is 0 Å². The first kappa shape index (κ1) is 19.2. The van der Waals surface area contributed by atoms with E-state index in [2.05, 4.69) is 0 Å². The monoisotopic (exact) mass is 351 g/mol. The molecule has 25 heavy (non-hydrogen) atoms. The number of rotatable bonds is 3. The average Bonchev–Trinajstić information content (AvgIpc) is 2.54. The van der Waals surface area contributed by atoms with Gasteiger partial charge in [0.2, 0.25) is 0 Å². The molecule has 1 amide bonds. The summed E-state index contributed by atoms with van der Waals surface area (Å²) < 4.78 is 23.8. The Hall–Kier alpha value is -2.11. The highest BCUT2D eigenvalue weighted by molar-refractivity contribution is 5.76. The van der Waals surface area contributed by atoms with Gasteiger partial charge in [-0.25, -0.2) is 9.18 Å². The number of ether oxygens (including phenoxy) is 2. The van der Waals surface area contributed by atoms with Crippen molar-refractivity contribution in [1.29, 1.82) is 0 Å². The van der Waals surface area contributed by atoms with Crippen molar-refractivity contribution < 1.29 is 23.5 Å². The average molecular weight is 351 g/mol. The Morgan fingerprint density at radius 1 is 1.24 bits per heavy atom. The molecule has 1 heterocycles. The Kier molecular flexibility index (Phi) is 6.03. The number of carbonyl (C=O) groups is 2. The fraction of sp³-hybridized carbons (Fsp3) is 0.579. The van der Waals surface area contributed by atoms with Crippen LogP contribution in [-0.2, 0) is 14.3 Å². The summed E-state index contributed by atoms with van der Waals surface area (Å²) in [5, 5.41) is 0. The number of esters is 1. The van der Waals surface area contributed by atoms with Crippen molar-refractivity contribution in [2.75, 3.05) is 19.7 Å². The highest BCUT2D eigenvalue weighted by Gasteiger charge is 2.39. The molecule has 1 aromatic carbocycles. The van der Waals surface area contributed by atoms with Gasteiger partial charge >= 0.3 is 12.1 Å². The molecule has 0 aromatic heterocycles. The van der Waals surface area contributed by atoms with Crippen LogP contribution in [0.3, 0.4) is 0 Å². The van der Waals surface area contributed by atoms with Gasteiger partial charge in [-0.2, -0.15) is 0 Å².